The Morgan fingerprint density at radius 1 is 1.09 bits per heavy atom. The maximum absolute atomic E-state index is 10.6. The Balaban J connectivity index is 3.48. The molecule has 0 spiro atoms. The summed E-state index contributed by atoms with van der Waals surface area (Å²) in [6.45, 7) is 3.97. The third-order valence-electron chi connectivity index (χ3n) is 3.40. The molecule has 0 aromatic heterocycles. The van der Waals surface area contributed by atoms with Gasteiger partial charge in [-0.3, -0.25) is 4.79 Å². The van der Waals surface area contributed by atoms with E-state index in [4.69, 9.17) is 5.11 Å². The molecule has 0 bridgehead atoms. The zero-order valence-corrected chi connectivity index (χ0v) is 15.5. The molecule has 1 atom stereocenters. The molecule has 0 rings (SSSR count). The van der Waals surface area contributed by atoms with Crippen molar-refractivity contribution in [1.82, 2.24) is 0 Å². The van der Waals surface area contributed by atoms with Crippen LogP contribution in [0.4, 0.5) is 0 Å². The standard InChI is InChI=1S/C20H32O2S/c1-3-4-5-6-7-8-9-11-14-17-23-18-15-12-10-13-16-19(2)20(21)22/h7-8,10-11,14-15,19H,3-6,9,13,16-18H2,1-2H3,(H,21,22)/b8-7-,14-11-. The summed E-state index contributed by atoms with van der Waals surface area (Å²) in [6.07, 6.45) is 20.5. The Labute approximate surface area is 146 Å². The fraction of sp³-hybridized carbons (Fsp3) is 0.600. The Kier molecular flexibility index (Phi) is 16.3. The van der Waals surface area contributed by atoms with Crippen LogP contribution < -0.4 is 0 Å². The molecule has 0 radical (unpaired) electrons. The smallest absolute Gasteiger partial charge is 0.306 e. The van der Waals surface area contributed by atoms with Crippen molar-refractivity contribution in [1.29, 1.82) is 0 Å². The lowest BCUT2D eigenvalue weighted by molar-refractivity contribution is -0.141. The topological polar surface area (TPSA) is 37.3 Å². The van der Waals surface area contributed by atoms with Crippen LogP contribution in [0, 0.1) is 5.92 Å². The third-order valence-corrected chi connectivity index (χ3v) is 4.23. The van der Waals surface area contributed by atoms with E-state index in [1.54, 1.807) is 6.92 Å². The van der Waals surface area contributed by atoms with Crippen molar-refractivity contribution in [2.24, 2.45) is 5.92 Å². The van der Waals surface area contributed by atoms with E-state index in [9.17, 15) is 4.79 Å². The van der Waals surface area contributed by atoms with Gasteiger partial charge in [0, 0.05) is 11.5 Å². The zero-order chi connectivity index (χ0) is 17.2. The second-order valence-corrected chi connectivity index (χ2v) is 6.68. The molecule has 0 aliphatic carbocycles. The Hall–Kier alpha value is -1.18. The molecule has 2 nitrogen and oxygen atoms in total. The fourth-order valence-electron chi connectivity index (χ4n) is 1.84. The normalized spacial score (nSPS) is 12.4. The molecule has 23 heavy (non-hydrogen) atoms. The van der Waals surface area contributed by atoms with Gasteiger partial charge >= 0.3 is 5.97 Å². The molecule has 3 heteroatoms. The monoisotopic (exact) mass is 336 g/mol. The van der Waals surface area contributed by atoms with Crippen molar-refractivity contribution in [3.8, 4) is 0 Å². The Morgan fingerprint density at radius 3 is 2.61 bits per heavy atom. The van der Waals surface area contributed by atoms with Gasteiger partial charge in [-0.05, 0) is 44.3 Å². The maximum atomic E-state index is 10.6. The minimum absolute atomic E-state index is 0.270. The molecule has 0 aromatic rings. The summed E-state index contributed by atoms with van der Waals surface area (Å²) in [5.74, 6) is 0.980. The second-order valence-electron chi connectivity index (χ2n) is 5.60. The van der Waals surface area contributed by atoms with Crippen LogP contribution in [-0.2, 0) is 4.79 Å². The van der Waals surface area contributed by atoms with Crippen LogP contribution >= 0.6 is 11.8 Å². The molecule has 130 valence electrons. The SMILES string of the molecule is CCCCC/C=C\C/C=C\CSCC=C=CCCC(C)C(=O)O. The minimum atomic E-state index is -0.722. The molecule has 1 unspecified atom stereocenters. The first-order chi connectivity index (χ1) is 11.2. The molecule has 0 aliphatic heterocycles. The summed E-state index contributed by atoms with van der Waals surface area (Å²) < 4.78 is 0. The molecule has 0 saturated heterocycles. The highest BCUT2D eigenvalue weighted by Gasteiger charge is 2.08. The van der Waals surface area contributed by atoms with E-state index < -0.39 is 5.97 Å². The molecular formula is C20H32O2S. The first kappa shape index (κ1) is 21.8. The number of allylic oxidation sites excluding steroid dienone is 3. The van der Waals surface area contributed by atoms with Crippen molar-refractivity contribution in [3.63, 3.8) is 0 Å². The molecule has 0 amide bonds. The van der Waals surface area contributed by atoms with Gasteiger partial charge in [0.15, 0.2) is 0 Å². The first-order valence-electron chi connectivity index (χ1n) is 8.68. The van der Waals surface area contributed by atoms with Gasteiger partial charge in [0.2, 0.25) is 0 Å². The van der Waals surface area contributed by atoms with Crippen molar-refractivity contribution < 1.29 is 9.90 Å². The summed E-state index contributed by atoms with van der Waals surface area (Å²) >= 11 is 1.85. The third kappa shape index (κ3) is 17.0. The lowest BCUT2D eigenvalue weighted by Crippen LogP contribution is -2.08. The fourth-order valence-corrected chi connectivity index (χ4v) is 2.46. The van der Waals surface area contributed by atoms with Gasteiger partial charge in [-0.1, -0.05) is 51.0 Å². The van der Waals surface area contributed by atoms with Crippen LogP contribution in [-0.4, -0.2) is 22.6 Å². The van der Waals surface area contributed by atoms with Crippen molar-refractivity contribution in [3.05, 3.63) is 42.2 Å². The van der Waals surface area contributed by atoms with E-state index in [2.05, 4.69) is 37.0 Å². The van der Waals surface area contributed by atoms with Gasteiger partial charge < -0.3 is 5.11 Å². The van der Waals surface area contributed by atoms with Crippen molar-refractivity contribution in [2.45, 2.75) is 58.8 Å². The molecule has 0 aromatic carbocycles. The highest BCUT2D eigenvalue weighted by molar-refractivity contribution is 7.99. The predicted molar refractivity (Wildman–Crippen MR) is 103 cm³/mol. The summed E-state index contributed by atoms with van der Waals surface area (Å²) in [5, 5.41) is 8.75. The number of carboxylic acid groups (broad SMARTS) is 1. The molecule has 0 fully saturated rings. The van der Waals surface area contributed by atoms with Crippen LogP contribution in [0.5, 0.6) is 0 Å². The van der Waals surface area contributed by atoms with Gasteiger partial charge in [-0.2, -0.15) is 11.8 Å². The van der Waals surface area contributed by atoms with E-state index in [1.807, 2.05) is 23.9 Å². The van der Waals surface area contributed by atoms with Crippen LogP contribution in [0.2, 0.25) is 0 Å². The maximum Gasteiger partial charge on any atom is 0.306 e. The highest BCUT2D eigenvalue weighted by atomic mass is 32.2. The number of unbranched alkanes of at least 4 members (excludes halogenated alkanes) is 3. The van der Waals surface area contributed by atoms with Gasteiger partial charge in [0.1, 0.15) is 0 Å². The number of thioether (sulfide) groups is 1. The summed E-state index contributed by atoms with van der Waals surface area (Å²) in [5.41, 5.74) is 3.12. The number of carbonyl (C=O) groups is 1. The summed E-state index contributed by atoms with van der Waals surface area (Å²) in [7, 11) is 0. The average Bonchev–Trinajstić information content (AvgIpc) is 2.54. The van der Waals surface area contributed by atoms with Gasteiger partial charge in [0.25, 0.3) is 0 Å². The Bertz CT molecular complexity index is 404. The molecule has 0 aliphatic rings. The molecular weight excluding hydrogens is 304 g/mol. The van der Waals surface area contributed by atoms with Crippen LogP contribution in [0.15, 0.2) is 42.2 Å². The first-order valence-corrected chi connectivity index (χ1v) is 9.83. The quantitative estimate of drug-likeness (QED) is 0.239. The zero-order valence-electron chi connectivity index (χ0n) is 14.7. The van der Waals surface area contributed by atoms with Crippen molar-refractivity contribution >= 4 is 17.7 Å². The number of carboxylic acids is 1. The number of hydrogen-bond donors (Lipinski definition) is 1. The minimum Gasteiger partial charge on any atom is -0.481 e. The lowest BCUT2D eigenvalue weighted by Gasteiger charge is -2.00. The number of rotatable bonds is 14. The number of aliphatic carboxylic acids is 1. The second kappa shape index (κ2) is 17.2. The van der Waals surface area contributed by atoms with E-state index in [-0.39, 0.29) is 5.92 Å². The van der Waals surface area contributed by atoms with Crippen LogP contribution in [0.1, 0.15) is 58.8 Å². The lowest BCUT2D eigenvalue weighted by atomic mass is 10.1. The van der Waals surface area contributed by atoms with E-state index >= 15 is 0 Å². The predicted octanol–water partition coefficient (Wildman–Crippen LogP) is 6.01. The van der Waals surface area contributed by atoms with E-state index in [0.717, 1.165) is 24.3 Å². The van der Waals surface area contributed by atoms with Crippen LogP contribution in [0.3, 0.4) is 0 Å². The van der Waals surface area contributed by atoms with Crippen molar-refractivity contribution in [2.75, 3.05) is 11.5 Å². The largest absolute Gasteiger partial charge is 0.481 e. The molecule has 0 saturated carbocycles. The van der Waals surface area contributed by atoms with Gasteiger partial charge in [-0.15, -0.1) is 5.73 Å². The van der Waals surface area contributed by atoms with Crippen LogP contribution in [0.25, 0.3) is 0 Å². The van der Waals surface area contributed by atoms with E-state index in [0.29, 0.717) is 6.42 Å². The average molecular weight is 337 g/mol. The molecule has 0 heterocycles. The Morgan fingerprint density at radius 2 is 1.87 bits per heavy atom. The van der Waals surface area contributed by atoms with E-state index in [1.165, 1.54) is 25.7 Å². The van der Waals surface area contributed by atoms with Gasteiger partial charge in [-0.25, -0.2) is 0 Å². The summed E-state index contributed by atoms with van der Waals surface area (Å²) in [4.78, 5) is 10.6. The molecule has 1 N–H and O–H groups in total. The summed E-state index contributed by atoms with van der Waals surface area (Å²) in [6, 6.07) is 0. The van der Waals surface area contributed by atoms with Gasteiger partial charge in [0.05, 0.1) is 5.92 Å². The highest BCUT2D eigenvalue weighted by Crippen LogP contribution is 2.06. The number of hydrogen-bond acceptors (Lipinski definition) is 2.